The fourth-order valence-corrected chi connectivity index (χ4v) is 5.27. The van der Waals surface area contributed by atoms with Gasteiger partial charge in [0.25, 0.3) is 0 Å². The Morgan fingerprint density at radius 2 is 1.89 bits per heavy atom. The molecule has 4 heterocycles. The Balaban J connectivity index is 1.29. The number of benzene rings is 2. The summed E-state index contributed by atoms with van der Waals surface area (Å²) in [7, 11) is 2.00. The lowest BCUT2D eigenvalue weighted by atomic mass is 10.0. The number of anilines is 3. The van der Waals surface area contributed by atoms with Crippen LogP contribution in [0.15, 0.2) is 55.0 Å². The standard InChI is InChI=1S/C28H31N9/c1-17(2)26-22-13-19(5-8-24(22)35-36(26)4)23-9-10-30-28(34-23)33-20-6-7-21-25(14-20)31-16-32-27(21)37-12-11-29-18(3)15-37/h5-10,13-14,16-18,29H,11-12,15H2,1-4H3,(H,30,33,34)/t18-/m1/s1. The first-order chi connectivity index (χ1) is 18.0. The molecule has 1 aliphatic heterocycles. The first-order valence-electron chi connectivity index (χ1n) is 12.8. The topological polar surface area (TPSA) is 96.7 Å². The largest absolute Gasteiger partial charge is 0.353 e. The van der Waals surface area contributed by atoms with E-state index in [0.717, 1.165) is 64.2 Å². The van der Waals surface area contributed by atoms with Gasteiger partial charge >= 0.3 is 0 Å². The van der Waals surface area contributed by atoms with Gasteiger partial charge in [-0.25, -0.2) is 19.9 Å². The Labute approximate surface area is 216 Å². The Kier molecular flexibility index (Phi) is 5.92. The van der Waals surface area contributed by atoms with E-state index in [1.54, 1.807) is 12.5 Å². The van der Waals surface area contributed by atoms with E-state index in [1.807, 2.05) is 29.9 Å². The molecule has 3 aromatic heterocycles. The molecule has 2 aromatic carbocycles. The van der Waals surface area contributed by atoms with Crippen LogP contribution < -0.4 is 15.5 Å². The van der Waals surface area contributed by atoms with E-state index in [0.29, 0.717) is 17.9 Å². The van der Waals surface area contributed by atoms with Crippen molar-refractivity contribution >= 4 is 39.3 Å². The van der Waals surface area contributed by atoms with E-state index < -0.39 is 0 Å². The van der Waals surface area contributed by atoms with Crippen molar-refractivity contribution in [3.63, 3.8) is 0 Å². The van der Waals surface area contributed by atoms with Crippen LogP contribution in [0.3, 0.4) is 0 Å². The SMILES string of the molecule is CC(C)c1c2cc(-c3ccnc(Nc4ccc5c(N6CCN[C@H](C)C6)ncnc5c4)n3)ccc2nn1C. The second-order valence-corrected chi connectivity index (χ2v) is 10.0. The quantitative estimate of drug-likeness (QED) is 0.366. The third kappa shape index (κ3) is 4.46. The monoisotopic (exact) mass is 493 g/mol. The molecular formula is C28H31N9. The number of piperazine rings is 1. The van der Waals surface area contributed by atoms with Crippen molar-refractivity contribution in [3.05, 3.63) is 60.7 Å². The van der Waals surface area contributed by atoms with Crippen LogP contribution in [0.25, 0.3) is 33.1 Å². The summed E-state index contributed by atoms with van der Waals surface area (Å²) in [6.07, 6.45) is 3.43. The van der Waals surface area contributed by atoms with Crippen LogP contribution in [0.4, 0.5) is 17.5 Å². The third-order valence-electron chi connectivity index (χ3n) is 6.92. The highest BCUT2D eigenvalue weighted by atomic mass is 15.3. The Morgan fingerprint density at radius 1 is 1.00 bits per heavy atom. The summed E-state index contributed by atoms with van der Waals surface area (Å²) in [6.45, 7) is 9.39. The van der Waals surface area contributed by atoms with Gasteiger partial charge in [-0.1, -0.05) is 19.9 Å². The number of rotatable bonds is 5. The number of nitrogens with one attached hydrogen (secondary N) is 2. The average Bonchev–Trinajstić information content (AvgIpc) is 3.23. The fraction of sp³-hybridized carbons (Fsp3) is 0.321. The van der Waals surface area contributed by atoms with Crippen LogP contribution in [-0.4, -0.2) is 55.4 Å². The van der Waals surface area contributed by atoms with Crippen LogP contribution in [-0.2, 0) is 7.05 Å². The Bertz CT molecular complexity index is 1590. The van der Waals surface area contributed by atoms with Crippen LogP contribution in [0.5, 0.6) is 0 Å². The molecular weight excluding hydrogens is 462 g/mol. The summed E-state index contributed by atoms with van der Waals surface area (Å²) >= 11 is 0. The predicted molar refractivity (Wildman–Crippen MR) is 148 cm³/mol. The van der Waals surface area contributed by atoms with Crippen molar-refractivity contribution in [2.45, 2.75) is 32.7 Å². The zero-order valence-electron chi connectivity index (χ0n) is 21.6. The molecule has 0 unspecified atom stereocenters. The number of nitrogens with zero attached hydrogens (tertiary/aromatic N) is 7. The van der Waals surface area contributed by atoms with Gasteiger partial charge in [0.15, 0.2) is 0 Å². The van der Waals surface area contributed by atoms with Crippen molar-refractivity contribution in [3.8, 4) is 11.3 Å². The molecule has 2 N–H and O–H groups in total. The summed E-state index contributed by atoms with van der Waals surface area (Å²) in [4.78, 5) is 20.7. The fourth-order valence-electron chi connectivity index (χ4n) is 5.27. The Hall–Kier alpha value is -4.11. The summed E-state index contributed by atoms with van der Waals surface area (Å²) in [5.74, 6) is 1.90. The van der Waals surface area contributed by atoms with E-state index in [4.69, 9.17) is 4.98 Å². The molecule has 6 rings (SSSR count). The lowest BCUT2D eigenvalue weighted by Crippen LogP contribution is -2.49. The van der Waals surface area contributed by atoms with Crippen molar-refractivity contribution in [1.29, 1.82) is 0 Å². The minimum absolute atomic E-state index is 0.375. The molecule has 1 fully saturated rings. The van der Waals surface area contributed by atoms with E-state index in [1.165, 1.54) is 5.69 Å². The molecule has 188 valence electrons. The Morgan fingerprint density at radius 3 is 2.73 bits per heavy atom. The molecule has 1 aliphatic rings. The van der Waals surface area contributed by atoms with Crippen molar-refractivity contribution < 1.29 is 0 Å². The van der Waals surface area contributed by atoms with Crippen molar-refractivity contribution in [2.75, 3.05) is 29.9 Å². The molecule has 0 aliphatic carbocycles. The molecule has 37 heavy (non-hydrogen) atoms. The van der Waals surface area contributed by atoms with E-state index in [9.17, 15) is 0 Å². The molecule has 5 aromatic rings. The number of hydrogen-bond donors (Lipinski definition) is 2. The maximum absolute atomic E-state index is 4.81. The number of fused-ring (bicyclic) bond motifs is 2. The maximum Gasteiger partial charge on any atom is 0.227 e. The highest BCUT2D eigenvalue weighted by Gasteiger charge is 2.19. The van der Waals surface area contributed by atoms with Gasteiger partial charge in [-0.3, -0.25) is 4.68 Å². The van der Waals surface area contributed by atoms with E-state index >= 15 is 0 Å². The predicted octanol–water partition coefficient (Wildman–Crippen LogP) is 4.64. The lowest BCUT2D eigenvalue weighted by Gasteiger charge is -2.33. The van der Waals surface area contributed by atoms with Gasteiger partial charge in [0.05, 0.1) is 16.7 Å². The second kappa shape index (κ2) is 9.40. The lowest BCUT2D eigenvalue weighted by molar-refractivity contribution is 0.483. The molecule has 9 nitrogen and oxygen atoms in total. The molecule has 0 amide bonds. The van der Waals surface area contributed by atoms with E-state index in [2.05, 4.69) is 80.6 Å². The summed E-state index contributed by atoms with van der Waals surface area (Å²) in [6, 6.07) is 14.8. The zero-order chi connectivity index (χ0) is 25.5. The van der Waals surface area contributed by atoms with Crippen LogP contribution in [0.1, 0.15) is 32.4 Å². The molecule has 1 atom stereocenters. The summed E-state index contributed by atoms with van der Waals surface area (Å²) in [5, 5.41) is 13.7. The summed E-state index contributed by atoms with van der Waals surface area (Å²) in [5.41, 5.74) is 5.88. The maximum atomic E-state index is 4.81. The van der Waals surface area contributed by atoms with Crippen LogP contribution >= 0.6 is 0 Å². The van der Waals surface area contributed by atoms with Gasteiger partial charge < -0.3 is 15.5 Å². The van der Waals surface area contributed by atoms with Gasteiger partial charge in [0.1, 0.15) is 12.1 Å². The number of aryl methyl sites for hydroxylation is 1. The molecule has 9 heteroatoms. The molecule has 0 radical (unpaired) electrons. The van der Waals surface area contributed by atoms with Crippen molar-refractivity contribution in [1.82, 2.24) is 35.0 Å². The smallest absolute Gasteiger partial charge is 0.227 e. The molecule has 0 bridgehead atoms. The van der Waals surface area contributed by atoms with Gasteiger partial charge in [-0.15, -0.1) is 0 Å². The number of aromatic nitrogens is 6. The van der Waals surface area contributed by atoms with Crippen LogP contribution in [0, 0.1) is 0 Å². The highest BCUT2D eigenvalue weighted by Crippen LogP contribution is 2.30. The molecule has 0 saturated carbocycles. The summed E-state index contributed by atoms with van der Waals surface area (Å²) < 4.78 is 1.98. The molecule has 1 saturated heterocycles. The van der Waals surface area contributed by atoms with Gasteiger partial charge in [0.2, 0.25) is 5.95 Å². The minimum atomic E-state index is 0.375. The van der Waals surface area contributed by atoms with Gasteiger partial charge in [-0.05, 0) is 49.2 Å². The minimum Gasteiger partial charge on any atom is -0.353 e. The number of hydrogen-bond acceptors (Lipinski definition) is 8. The third-order valence-corrected chi connectivity index (χ3v) is 6.92. The highest BCUT2D eigenvalue weighted by molar-refractivity contribution is 5.92. The van der Waals surface area contributed by atoms with Crippen molar-refractivity contribution in [2.24, 2.45) is 7.05 Å². The van der Waals surface area contributed by atoms with E-state index in [-0.39, 0.29) is 0 Å². The van der Waals surface area contributed by atoms with Crippen LogP contribution in [0.2, 0.25) is 0 Å². The zero-order valence-corrected chi connectivity index (χ0v) is 21.6. The second-order valence-electron chi connectivity index (χ2n) is 10.0. The normalized spacial score (nSPS) is 16.1. The molecule has 0 spiro atoms. The van der Waals surface area contributed by atoms with Gasteiger partial charge in [0, 0.05) is 66.6 Å². The first-order valence-corrected chi connectivity index (χ1v) is 12.8. The first kappa shape index (κ1) is 23.3. The van der Waals surface area contributed by atoms with Gasteiger partial charge in [-0.2, -0.15) is 5.10 Å². The average molecular weight is 494 g/mol.